The van der Waals surface area contributed by atoms with Crippen molar-refractivity contribution < 1.29 is 0 Å². The molecular weight excluding hydrogens is 178 g/mol. The first-order chi connectivity index (χ1) is 5.34. The first-order valence-electron chi connectivity index (χ1n) is 3.72. The number of halogens is 1. The number of alkyl halides is 1. The number of thiophene rings is 1. The predicted molar refractivity (Wildman–Crippen MR) is 51.2 cm³/mol. The van der Waals surface area contributed by atoms with E-state index in [-0.39, 0.29) is 5.38 Å². The van der Waals surface area contributed by atoms with E-state index in [1.54, 1.807) is 11.3 Å². The molecule has 1 heterocycles. The number of hydrogen-bond acceptors (Lipinski definition) is 2. The van der Waals surface area contributed by atoms with Gasteiger partial charge in [-0.25, -0.2) is 0 Å². The Morgan fingerprint density at radius 2 is 2.45 bits per heavy atom. The van der Waals surface area contributed by atoms with Crippen LogP contribution >= 0.6 is 22.9 Å². The van der Waals surface area contributed by atoms with Crippen molar-refractivity contribution in [1.29, 1.82) is 0 Å². The average molecular weight is 190 g/mol. The molecule has 0 spiro atoms. The summed E-state index contributed by atoms with van der Waals surface area (Å²) < 4.78 is 0. The summed E-state index contributed by atoms with van der Waals surface area (Å²) in [5, 5.41) is 2.21. The van der Waals surface area contributed by atoms with Crippen LogP contribution in [0.4, 0.5) is 0 Å². The second kappa shape index (κ2) is 4.75. The quantitative estimate of drug-likeness (QED) is 0.725. The average Bonchev–Trinajstić information content (AvgIpc) is 2.52. The molecule has 3 heteroatoms. The normalized spacial score (nSPS) is 13.3. The van der Waals surface area contributed by atoms with Crippen molar-refractivity contribution in [2.45, 2.75) is 18.2 Å². The summed E-state index contributed by atoms with van der Waals surface area (Å²) in [7, 11) is 0. The molecule has 0 amide bonds. The summed E-state index contributed by atoms with van der Waals surface area (Å²) in [5.41, 5.74) is 5.37. The van der Waals surface area contributed by atoms with Crippen LogP contribution in [0.15, 0.2) is 17.5 Å². The number of hydrogen-bond donors (Lipinski definition) is 1. The third-order valence-corrected chi connectivity index (χ3v) is 3.08. The van der Waals surface area contributed by atoms with Gasteiger partial charge in [0.2, 0.25) is 0 Å². The maximum Gasteiger partial charge on any atom is 0.0679 e. The summed E-state index contributed by atoms with van der Waals surface area (Å²) in [5.74, 6) is 0. The van der Waals surface area contributed by atoms with Gasteiger partial charge in [-0.2, -0.15) is 0 Å². The largest absolute Gasteiger partial charge is 0.330 e. The molecule has 1 aromatic heterocycles. The van der Waals surface area contributed by atoms with E-state index < -0.39 is 0 Å². The van der Waals surface area contributed by atoms with Gasteiger partial charge < -0.3 is 5.73 Å². The molecule has 1 nitrogen and oxygen atoms in total. The van der Waals surface area contributed by atoms with Crippen molar-refractivity contribution in [3.8, 4) is 0 Å². The lowest BCUT2D eigenvalue weighted by Gasteiger charge is -2.04. The Kier molecular flexibility index (Phi) is 3.91. The van der Waals surface area contributed by atoms with Crippen molar-refractivity contribution in [1.82, 2.24) is 0 Å². The molecule has 1 aromatic rings. The SMILES string of the molecule is NCCCC(Cl)c1cccs1. The fraction of sp³-hybridized carbons (Fsp3) is 0.500. The van der Waals surface area contributed by atoms with E-state index in [0.29, 0.717) is 0 Å². The van der Waals surface area contributed by atoms with Gasteiger partial charge in [-0.3, -0.25) is 0 Å². The molecule has 62 valence electrons. The van der Waals surface area contributed by atoms with E-state index >= 15 is 0 Å². The van der Waals surface area contributed by atoms with Gasteiger partial charge in [0.25, 0.3) is 0 Å². The second-order valence-electron chi connectivity index (χ2n) is 2.41. The maximum absolute atomic E-state index is 6.08. The molecule has 0 aliphatic heterocycles. The summed E-state index contributed by atoms with van der Waals surface area (Å²) in [6, 6.07) is 4.09. The number of rotatable bonds is 4. The van der Waals surface area contributed by atoms with E-state index in [9.17, 15) is 0 Å². The summed E-state index contributed by atoms with van der Waals surface area (Å²) in [6.45, 7) is 0.731. The highest BCUT2D eigenvalue weighted by molar-refractivity contribution is 7.10. The Morgan fingerprint density at radius 3 is 3.00 bits per heavy atom. The molecular formula is C8H12ClNS. The Labute approximate surface area is 76.2 Å². The molecule has 11 heavy (non-hydrogen) atoms. The minimum Gasteiger partial charge on any atom is -0.330 e. The molecule has 0 saturated heterocycles. The van der Waals surface area contributed by atoms with Gasteiger partial charge in [-0.1, -0.05) is 6.07 Å². The second-order valence-corrected chi connectivity index (χ2v) is 3.92. The summed E-state index contributed by atoms with van der Waals surface area (Å²) in [4.78, 5) is 1.25. The maximum atomic E-state index is 6.08. The van der Waals surface area contributed by atoms with Gasteiger partial charge in [0.05, 0.1) is 5.38 Å². The van der Waals surface area contributed by atoms with Crippen LogP contribution in [0.3, 0.4) is 0 Å². The van der Waals surface area contributed by atoms with E-state index in [1.807, 2.05) is 11.4 Å². The van der Waals surface area contributed by atoms with Crippen LogP contribution in [-0.2, 0) is 0 Å². The van der Waals surface area contributed by atoms with E-state index in [0.717, 1.165) is 19.4 Å². The van der Waals surface area contributed by atoms with Gasteiger partial charge in [0.15, 0.2) is 0 Å². The van der Waals surface area contributed by atoms with Gasteiger partial charge >= 0.3 is 0 Å². The van der Waals surface area contributed by atoms with E-state index in [2.05, 4.69) is 6.07 Å². The fourth-order valence-electron chi connectivity index (χ4n) is 0.909. The lowest BCUT2D eigenvalue weighted by Crippen LogP contribution is -1.99. The van der Waals surface area contributed by atoms with Gasteiger partial charge in [-0.15, -0.1) is 22.9 Å². The predicted octanol–water partition coefficient (Wildman–Crippen LogP) is 2.77. The highest BCUT2D eigenvalue weighted by Gasteiger charge is 2.06. The van der Waals surface area contributed by atoms with Gasteiger partial charge in [-0.05, 0) is 30.8 Å². The molecule has 0 fully saturated rings. The first kappa shape index (κ1) is 9.04. The standard InChI is InChI=1S/C8H12ClNS/c9-7(3-1-5-10)8-4-2-6-11-8/h2,4,6-7H,1,3,5,10H2. The van der Waals surface area contributed by atoms with Crippen LogP contribution in [0, 0.1) is 0 Å². The monoisotopic (exact) mass is 189 g/mol. The van der Waals surface area contributed by atoms with Crippen molar-refractivity contribution in [3.63, 3.8) is 0 Å². The van der Waals surface area contributed by atoms with Crippen LogP contribution in [0.1, 0.15) is 23.1 Å². The summed E-state index contributed by atoms with van der Waals surface area (Å²) in [6.07, 6.45) is 1.99. The van der Waals surface area contributed by atoms with Crippen molar-refractivity contribution in [2.75, 3.05) is 6.54 Å². The van der Waals surface area contributed by atoms with E-state index in [4.69, 9.17) is 17.3 Å². The molecule has 0 saturated carbocycles. The minimum atomic E-state index is 0.165. The third-order valence-electron chi connectivity index (χ3n) is 1.51. The van der Waals surface area contributed by atoms with Crippen LogP contribution in [0.2, 0.25) is 0 Å². The molecule has 1 unspecified atom stereocenters. The Morgan fingerprint density at radius 1 is 1.64 bits per heavy atom. The van der Waals surface area contributed by atoms with Crippen molar-refractivity contribution in [2.24, 2.45) is 5.73 Å². The Balaban J connectivity index is 2.36. The van der Waals surface area contributed by atoms with Crippen molar-refractivity contribution >= 4 is 22.9 Å². The van der Waals surface area contributed by atoms with Crippen molar-refractivity contribution in [3.05, 3.63) is 22.4 Å². The zero-order chi connectivity index (χ0) is 8.10. The topological polar surface area (TPSA) is 26.0 Å². The molecule has 0 aliphatic carbocycles. The van der Waals surface area contributed by atoms with Gasteiger partial charge in [0.1, 0.15) is 0 Å². The fourth-order valence-corrected chi connectivity index (χ4v) is 2.03. The smallest absolute Gasteiger partial charge is 0.0679 e. The third kappa shape index (κ3) is 2.81. The first-order valence-corrected chi connectivity index (χ1v) is 5.03. The highest BCUT2D eigenvalue weighted by atomic mass is 35.5. The molecule has 0 radical (unpaired) electrons. The lowest BCUT2D eigenvalue weighted by atomic mass is 10.2. The Hall–Kier alpha value is -0.0500. The molecule has 1 rings (SSSR count). The lowest BCUT2D eigenvalue weighted by molar-refractivity contribution is 0.733. The molecule has 2 N–H and O–H groups in total. The summed E-state index contributed by atoms with van der Waals surface area (Å²) >= 11 is 7.79. The Bertz CT molecular complexity index is 186. The van der Waals surface area contributed by atoms with Crippen LogP contribution < -0.4 is 5.73 Å². The molecule has 1 atom stereocenters. The van der Waals surface area contributed by atoms with E-state index in [1.165, 1.54) is 4.88 Å². The van der Waals surface area contributed by atoms with Gasteiger partial charge in [0, 0.05) is 4.88 Å². The number of nitrogens with two attached hydrogens (primary N) is 1. The molecule has 0 aliphatic rings. The van der Waals surface area contributed by atoms with Crippen LogP contribution in [0.5, 0.6) is 0 Å². The highest BCUT2D eigenvalue weighted by Crippen LogP contribution is 2.28. The minimum absolute atomic E-state index is 0.165. The zero-order valence-corrected chi connectivity index (χ0v) is 7.87. The van der Waals surface area contributed by atoms with Crippen LogP contribution in [0.25, 0.3) is 0 Å². The van der Waals surface area contributed by atoms with Crippen LogP contribution in [-0.4, -0.2) is 6.54 Å². The zero-order valence-electron chi connectivity index (χ0n) is 6.29. The molecule has 0 aromatic carbocycles. The molecule has 0 bridgehead atoms.